The van der Waals surface area contributed by atoms with Crippen LogP contribution in [-0.4, -0.2) is 41.4 Å². The number of pyridine rings is 1. The van der Waals surface area contributed by atoms with Gasteiger partial charge in [0.1, 0.15) is 17.5 Å². The summed E-state index contributed by atoms with van der Waals surface area (Å²) in [4.78, 5) is 17.1. The molecule has 0 atom stereocenters. The van der Waals surface area contributed by atoms with Gasteiger partial charge < -0.3 is 46.3 Å². The summed E-state index contributed by atoms with van der Waals surface area (Å²) in [6.45, 7) is 23.7. The van der Waals surface area contributed by atoms with Crippen LogP contribution in [0.2, 0.25) is 0 Å². The molecule has 5 aromatic rings. The van der Waals surface area contributed by atoms with E-state index in [-0.39, 0.29) is 134 Å². The summed E-state index contributed by atoms with van der Waals surface area (Å²) in [6.07, 6.45) is 24.5. The van der Waals surface area contributed by atoms with Crippen molar-refractivity contribution in [2.24, 2.45) is 15.0 Å². The number of aromatic nitrogens is 5. The summed E-state index contributed by atoms with van der Waals surface area (Å²) in [5, 5.41) is 6.25. The largest absolute Gasteiger partial charge is 0.370 e. The van der Waals surface area contributed by atoms with Crippen molar-refractivity contribution in [3.05, 3.63) is 157 Å². The fourth-order valence-corrected chi connectivity index (χ4v) is 4.76. The first-order chi connectivity index (χ1) is 23.1. The summed E-state index contributed by atoms with van der Waals surface area (Å²) in [6, 6.07) is 12.2. The molecule has 14 heteroatoms. The molecule has 8 nitrogen and oxygen atoms in total. The predicted octanol–water partition coefficient (Wildman–Crippen LogP) is 10.4. The molecule has 7 heterocycles. The number of para-hydroxylation sites is 1. The van der Waals surface area contributed by atoms with Crippen LogP contribution in [0.25, 0.3) is 21.9 Å². The molecule has 0 saturated carbocycles. The van der Waals surface area contributed by atoms with Gasteiger partial charge in [0.25, 0.3) is 0 Å². The third-order valence-electron chi connectivity index (χ3n) is 6.73. The number of hydrogen-bond acceptors (Lipinski definition) is 5. The molecule has 1 aromatic carbocycles. The zero-order valence-electron chi connectivity index (χ0n) is 33.1. The number of benzene rings is 1. The number of allylic oxidation sites excluding steroid dienone is 3. The van der Waals surface area contributed by atoms with Crippen LogP contribution in [0.15, 0.2) is 113 Å². The van der Waals surface area contributed by atoms with Crippen molar-refractivity contribution in [2.45, 2.75) is 60.8 Å². The van der Waals surface area contributed by atoms with Crippen molar-refractivity contribution in [3.8, 4) is 0 Å². The first-order valence-electron chi connectivity index (χ1n) is 16.2. The summed E-state index contributed by atoms with van der Waals surface area (Å²) in [5.74, 6) is 3.01. The normalized spacial score (nSPS) is 11.5. The van der Waals surface area contributed by atoms with Crippen molar-refractivity contribution in [1.29, 1.82) is 0 Å². The summed E-state index contributed by atoms with van der Waals surface area (Å²) in [7, 11) is 0. The first-order valence-corrected chi connectivity index (χ1v) is 16.2. The van der Waals surface area contributed by atoms with Gasteiger partial charge in [0.05, 0.1) is 5.65 Å². The van der Waals surface area contributed by atoms with Gasteiger partial charge >= 0.3 is 0 Å². The average Bonchev–Trinajstić information content (AvgIpc) is 3.98. The standard InChI is InChI=1S/C13H11N2.C12H10N3.C8H7N3.3C2H6.2CH3.3V.3W/c1-10-9-15(13-7-4-8-14-13)12-6-3-2-5-11(10)12;1-9-8-15(11-5-3-6-13-11)12-10(9)4-2-7-14-12;1-7-5-10-11(6-7)8-3-2-4-9-8;3*1-2;;;;;;;;/h2-6,8-9H,1,7H2;2-4,6-8H,1,5H2;2,4,6H,1,3H2;3*1-2H3;2*1H3;;;;;;/q2*-1;-2;;;;2*-1;;;;;;. The summed E-state index contributed by atoms with van der Waals surface area (Å²) >= 11 is 0. The van der Waals surface area contributed by atoms with E-state index in [0.29, 0.717) is 0 Å². The Hall–Kier alpha value is -1.68. The van der Waals surface area contributed by atoms with Gasteiger partial charge in [-0.15, -0.1) is 17.5 Å². The topological polar surface area (TPSA) is 77.6 Å². The Kier molecular flexibility index (Phi) is 42.0. The number of fused-ring (bicyclic) bond motifs is 2. The molecule has 295 valence electrons. The van der Waals surface area contributed by atoms with Crippen molar-refractivity contribution in [3.63, 3.8) is 0 Å². The maximum atomic E-state index is 4.36. The Morgan fingerprint density at radius 2 is 1.04 bits per heavy atom. The Labute approximate surface area is 410 Å². The number of aliphatic imine (C=N–C) groups is 3. The molecule has 0 fully saturated rings. The van der Waals surface area contributed by atoms with E-state index in [0.717, 1.165) is 64.5 Å². The molecule has 0 bridgehead atoms. The third-order valence-corrected chi connectivity index (χ3v) is 6.73. The van der Waals surface area contributed by atoms with Gasteiger partial charge in [0, 0.05) is 163 Å². The Balaban J connectivity index is -0.000000144. The maximum Gasteiger partial charge on any atom is 0.109 e. The quantitative estimate of drug-likeness (QED) is 0.145. The molecule has 4 aromatic heterocycles. The van der Waals surface area contributed by atoms with E-state index >= 15 is 0 Å². The van der Waals surface area contributed by atoms with Gasteiger partial charge in [-0.05, 0) is 5.52 Å². The fourth-order valence-electron chi connectivity index (χ4n) is 4.76. The van der Waals surface area contributed by atoms with Crippen LogP contribution in [-0.2, 0) is 119 Å². The summed E-state index contributed by atoms with van der Waals surface area (Å²) in [5.41, 5.74) is 4.96. The van der Waals surface area contributed by atoms with Crippen LogP contribution >= 0.6 is 0 Å². The molecule has 3 aliphatic rings. The van der Waals surface area contributed by atoms with Crippen LogP contribution in [0.4, 0.5) is 0 Å². The molecule has 0 N–H and O–H groups in total. The van der Waals surface area contributed by atoms with Crippen LogP contribution in [0.5, 0.6) is 0 Å². The Morgan fingerprint density at radius 3 is 1.53 bits per heavy atom. The number of hydrogen-bond donors (Lipinski definition) is 0. The first kappa shape index (κ1) is 65.2. The van der Waals surface area contributed by atoms with Gasteiger partial charge in [0.2, 0.25) is 0 Å². The minimum Gasteiger partial charge on any atom is -0.370 e. The van der Waals surface area contributed by atoms with E-state index in [2.05, 4.69) is 81.0 Å². The molecular weight excluding hydrogens is 1310 g/mol. The molecule has 55 heavy (non-hydrogen) atoms. The molecule has 0 amide bonds. The minimum atomic E-state index is 0. The van der Waals surface area contributed by atoms with Crippen molar-refractivity contribution in [1.82, 2.24) is 23.9 Å². The monoisotopic (exact) mass is 1360 g/mol. The second kappa shape index (κ2) is 35.5. The second-order valence-corrected chi connectivity index (χ2v) is 9.55. The zero-order chi connectivity index (χ0) is 34.2. The van der Waals surface area contributed by atoms with Crippen LogP contribution in [0.3, 0.4) is 0 Å². The molecule has 0 unspecified atom stereocenters. The zero-order valence-corrected chi connectivity index (χ0v) is 46.1. The molecule has 3 radical (unpaired) electrons. The van der Waals surface area contributed by atoms with Crippen molar-refractivity contribution < 1.29 is 119 Å². The van der Waals surface area contributed by atoms with E-state index < -0.39 is 0 Å². The van der Waals surface area contributed by atoms with E-state index in [4.69, 9.17) is 0 Å². The van der Waals surface area contributed by atoms with Gasteiger partial charge in [-0.25, -0.2) is 21.2 Å². The molecule has 0 spiro atoms. The van der Waals surface area contributed by atoms with Gasteiger partial charge in [-0.3, -0.25) is 4.98 Å². The third kappa shape index (κ3) is 17.8. The van der Waals surface area contributed by atoms with Crippen LogP contribution in [0.1, 0.15) is 77.5 Å². The molecular formula is C41H52N8V3W3-6. The van der Waals surface area contributed by atoms with Gasteiger partial charge in [-0.2, -0.15) is 31.2 Å². The maximum absolute atomic E-state index is 4.36. The van der Waals surface area contributed by atoms with E-state index in [1.54, 1.807) is 17.1 Å². The molecule has 3 aliphatic heterocycles. The van der Waals surface area contributed by atoms with Gasteiger partial charge in [-0.1, -0.05) is 102 Å². The van der Waals surface area contributed by atoms with E-state index in [9.17, 15) is 0 Å². The van der Waals surface area contributed by atoms with Gasteiger partial charge in [0.15, 0.2) is 0 Å². The van der Waals surface area contributed by atoms with Crippen LogP contribution < -0.4 is 0 Å². The second-order valence-electron chi connectivity index (χ2n) is 9.55. The minimum absolute atomic E-state index is 0. The number of rotatable bonds is 0. The van der Waals surface area contributed by atoms with Crippen LogP contribution in [0, 0.1) is 41.8 Å². The van der Waals surface area contributed by atoms with Crippen molar-refractivity contribution in [2.75, 3.05) is 0 Å². The SMILES string of the molecule is CC.CC.CC.[CH2-]c1[c-]nn(C2=NC=CC2)c1.[CH2-]c1cn(C2=NC=CC2)c2ccccc12.[CH2-]c1cn(C2=NC=CC2)c2ncccc12.[CH3-].[CH3-].[V].[V].[V].[W].[W].[W]. The Morgan fingerprint density at radius 1 is 0.582 bits per heavy atom. The molecule has 0 aliphatic carbocycles. The predicted molar refractivity (Wildman–Crippen MR) is 213 cm³/mol. The van der Waals surface area contributed by atoms with E-state index in [1.807, 2.05) is 107 Å². The smallest absolute Gasteiger partial charge is 0.109 e. The Bertz CT molecular complexity index is 1830. The molecule has 0 saturated heterocycles. The fraction of sp³-hybridized carbons (Fsp3) is 0.220. The average molecular weight is 1360 g/mol. The molecule has 8 rings (SSSR count). The van der Waals surface area contributed by atoms with Crippen molar-refractivity contribution >= 4 is 39.4 Å². The number of nitrogens with zero attached hydrogens (tertiary/aromatic N) is 8. The van der Waals surface area contributed by atoms with E-state index in [1.165, 1.54) is 10.9 Å². The summed E-state index contributed by atoms with van der Waals surface area (Å²) < 4.78 is 5.83.